The van der Waals surface area contributed by atoms with E-state index < -0.39 is 0 Å². The molecule has 1 unspecified atom stereocenters. The molecule has 0 spiro atoms. The third kappa shape index (κ3) is 2.37. The normalized spacial score (nSPS) is 29.3. The summed E-state index contributed by atoms with van der Waals surface area (Å²) in [5, 5.41) is 6.87. The minimum atomic E-state index is 0.596. The van der Waals surface area contributed by atoms with Gasteiger partial charge in [0.15, 0.2) is 0 Å². The van der Waals surface area contributed by atoms with Crippen molar-refractivity contribution in [3.05, 3.63) is 17.0 Å². The minimum absolute atomic E-state index is 0.596. The molecule has 2 heterocycles. The number of thiophene rings is 1. The molecule has 1 aliphatic heterocycles. The van der Waals surface area contributed by atoms with Crippen LogP contribution in [0.15, 0.2) is 15.7 Å². The van der Waals surface area contributed by atoms with Crippen molar-refractivity contribution in [1.82, 2.24) is 5.32 Å². The van der Waals surface area contributed by atoms with Crippen molar-refractivity contribution in [3.63, 3.8) is 0 Å². The summed E-state index contributed by atoms with van der Waals surface area (Å²) in [6.07, 6.45) is 4.12. The van der Waals surface area contributed by atoms with Crippen LogP contribution in [0.5, 0.6) is 0 Å². The molecule has 1 aliphatic carbocycles. The van der Waals surface area contributed by atoms with E-state index in [1.165, 1.54) is 25.8 Å². The monoisotopic (exact) mass is 281 g/mol. The molecule has 1 saturated carbocycles. The number of hydrogen-bond acceptors (Lipinski definition) is 3. The van der Waals surface area contributed by atoms with Gasteiger partial charge in [0.2, 0.25) is 0 Å². The lowest BCUT2D eigenvalue weighted by Crippen LogP contribution is -2.33. The van der Waals surface area contributed by atoms with Gasteiger partial charge in [-0.1, -0.05) is 20.8 Å². The molecule has 1 nitrogen and oxygen atoms in total. The van der Waals surface area contributed by atoms with Crippen LogP contribution in [-0.4, -0.2) is 11.8 Å². The van der Waals surface area contributed by atoms with Crippen LogP contribution in [0.4, 0.5) is 0 Å². The van der Waals surface area contributed by atoms with Crippen LogP contribution in [-0.2, 0) is 0 Å². The summed E-state index contributed by atoms with van der Waals surface area (Å²) >= 11 is 3.97. The van der Waals surface area contributed by atoms with Gasteiger partial charge in [-0.3, -0.25) is 0 Å². The first-order valence-electron chi connectivity index (χ1n) is 7.08. The molecule has 100 valence electrons. The lowest BCUT2D eigenvalue weighted by atomic mass is 9.91. The zero-order valence-corrected chi connectivity index (χ0v) is 13.2. The van der Waals surface area contributed by atoms with Crippen molar-refractivity contribution < 1.29 is 0 Å². The summed E-state index contributed by atoms with van der Waals surface area (Å²) < 4.78 is 1.54. The molecule has 0 aromatic carbocycles. The Balaban J connectivity index is 1.67. The average Bonchev–Trinajstić information content (AvgIpc) is 2.98. The fourth-order valence-electron chi connectivity index (χ4n) is 2.99. The van der Waals surface area contributed by atoms with Gasteiger partial charge in [-0.05, 0) is 47.6 Å². The van der Waals surface area contributed by atoms with E-state index in [2.05, 4.69) is 49.3 Å². The zero-order valence-electron chi connectivity index (χ0n) is 11.5. The standard InChI is InChI=1S/C15H23NS2/c1-10(2)15(5-6-15)9-16-13-8-11(3)18-14-12(13)4-7-17-14/h4,7,10-11,13,16H,5-6,8-9H2,1-3H3/t11-,13?/m0/s1. The Morgan fingerprint density at radius 3 is 2.89 bits per heavy atom. The molecule has 18 heavy (non-hydrogen) atoms. The Bertz CT molecular complexity index is 420. The maximum atomic E-state index is 3.87. The first kappa shape index (κ1) is 13.0. The molecule has 0 bridgehead atoms. The molecule has 2 aliphatic rings. The van der Waals surface area contributed by atoms with Crippen LogP contribution in [0.3, 0.4) is 0 Å². The summed E-state index contributed by atoms with van der Waals surface area (Å²) in [4.78, 5) is 0. The molecule has 1 N–H and O–H groups in total. The van der Waals surface area contributed by atoms with Gasteiger partial charge in [0.1, 0.15) is 0 Å². The summed E-state index contributed by atoms with van der Waals surface area (Å²) in [6.45, 7) is 8.33. The molecular formula is C15H23NS2. The summed E-state index contributed by atoms with van der Waals surface area (Å²) in [6, 6.07) is 2.92. The van der Waals surface area contributed by atoms with E-state index in [-0.39, 0.29) is 0 Å². The predicted molar refractivity (Wildman–Crippen MR) is 81.5 cm³/mol. The van der Waals surface area contributed by atoms with Crippen LogP contribution < -0.4 is 5.32 Å². The fraction of sp³-hybridized carbons (Fsp3) is 0.733. The highest BCUT2D eigenvalue weighted by atomic mass is 32.2. The lowest BCUT2D eigenvalue weighted by Gasteiger charge is -2.30. The van der Waals surface area contributed by atoms with Crippen molar-refractivity contribution >= 4 is 23.1 Å². The number of thioether (sulfide) groups is 1. The second-order valence-corrected chi connectivity index (χ2v) is 8.90. The van der Waals surface area contributed by atoms with E-state index in [0.717, 1.165) is 11.2 Å². The Hall–Kier alpha value is 0.0100. The molecular weight excluding hydrogens is 258 g/mol. The van der Waals surface area contributed by atoms with Crippen LogP contribution in [0.2, 0.25) is 0 Å². The van der Waals surface area contributed by atoms with E-state index in [1.54, 1.807) is 9.77 Å². The van der Waals surface area contributed by atoms with E-state index in [9.17, 15) is 0 Å². The number of hydrogen-bond donors (Lipinski definition) is 1. The Morgan fingerprint density at radius 2 is 2.22 bits per heavy atom. The smallest absolute Gasteiger partial charge is 0.0649 e. The predicted octanol–water partition coefficient (Wildman–Crippen LogP) is 4.70. The van der Waals surface area contributed by atoms with Crippen LogP contribution in [0.1, 0.15) is 51.6 Å². The zero-order chi connectivity index (χ0) is 12.8. The first-order chi connectivity index (χ1) is 8.61. The third-order valence-corrected chi connectivity index (χ3v) is 7.07. The summed E-state index contributed by atoms with van der Waals surface area (Å²) in [5.74, 6) is 0.822. The highest BCUT2D eigenvalue weighted by Crippen LogP contribution is 2.52. The summed E-state index contributed by atoms with van der Waals surface area (Å²) in [7, 11) is 0. The molecule has 2 atom stereocenters. The van der Waals surface area contributed by atoms with E-state index >= 15 is 0 Å². The fourth-order valence-corrected chi connectivity index (χ4v) is 5.55. The van der Waals surface area contributed by atoms with Gasteiger partial charge in [-0.25, -0.2) is 0 Å². The average molecular weight is 281 g/mol. The van der Waals surface area contributed by atoms with E-state index in [0.29, 0.717) is 11.5 Å². The lowest BCUT2D eigenvalue weighted by molar-refractivity contribution is 0.314. The van der Waals surface area contributed by atoms with E-state index in [4.69, 9.17) is 0 Å². The maximum absolute atomic E-state index is 3.87. The summed E-state index contributed by atoms with van der Waals surface area (Å²) in [5.41, 5.74) is 2.17. The Kier molecular flexibility index (Phi) is 3.50. The van der Waals surface area contributed by atoms with Gasteiger partial charge in [-0.2, -0.15) is 0 Å². The Labute approximate surface area is 119 Å². The second-order valence-electron chi connectivity index (χ2n) is 6.28. The molecule has 3 rings (SSSR count). The quantitative estimate of drug-likeness (QED) is 0.858. The van der Waals surface area contributed by atoms with Crippen molar-refractivity contribution in [1.29, 1.82) is 0 Å². The van der Waals surface area contributed by atoms with Gasteiger partial charge < -0.3 is 5.32 Å². The first-order valence-corrected chi connectivity index (χ1v) is 8.84. The van der Waals surface area contributed by atoms with E-state index in [1.807, 2.05) is 11.3 Å². The second kappa shape index (κ2) is 4.84. The molecule has 0 saturated heterocycles. The number of rotatable bonds is 4. The number of fused-ring (bicyclic) bond motifs is 1. The van der Waals surface area contributed by atoms with Gasteiger partial charge in [0.05, 0.1) is 4.21 Å². The van der Waals surface area contributed by atoms with Crippen molar-refractivity contribution in [2.75, 3.05) is 6.54 Å². The van der Waals surface area contributed by atoms with Gasteiger partial charge in [-0.15, -0.1) is 23.1 Å². The van der Waals surface area contributed by atoms with Crippen LogP contribution in [0.25, 0.3) is 0 Å². The SMILES string of the molecule is CC(C)C1(CNC2C[C@H](C)Sc3sccc32)CC1. The van der Waals surface area contributed by atoms with Crippen LogP contribution >= 0.6 is 23.1 Å². The minimum Gasteiger partial charge on any atom is -0.309 e. The molecule has 0 amide bonds. The molecule has 0 radical (unpaired) electrons. The largest absolute Gasteiger partial charge is 0.309 e. The van der Waals surface area contributed by atoms with Gasteiger partial charge >= 0.3 is 0 Å². The van der Waals surface area contributed by atoms with Crippen molar-refractivity contribution in [2.45, 2.75) is 55.5 Å². The van der Waals surface area contributed by atoms with Gasteiger partial charge in [0, 0.05) is 17.8 Å². The highest BCUT2D eigenvalue weighted by Gasteiger charge is 2.45. The van der Waals surface area contributed by atoms with Crippen molar-refractivity contribution in [2.24, 2.45) is 11.3 Å². The van der Waals surface area contributed by atoms with Crippen molar-refractivity contribution in [3.8, 4) is 0 Å². The number of nitrogens with one attached hydrogen (secondary N) is 1. The van der Waals surface area contributed by atoms with Crippen LogP contribution in [0, 0.1) is 11.3 Å². The third-order valence-electron chi connectivity index (χ3n) is 4.73. The van der Waals surface area contributed by atoms with Gasteiger partial charge in [0.25, 0.3) is 0 Å². The topological polar surface area (TPSA) is 12.0 Å². The molecule has 1 aromatic heterocycles. The highest BCUT2D eigenvalue weighted by molar-refractivity contribution is 8.01. The Morgan fingerprint density at radius 1 is 1.44 bits per heavy atom. The molecule has 1 aromatic rings. The molecule has 1 fully saturated rings. The molecule has 3 heteroatoms. The maximum Gasteiger partial charge on any atom is 0.0649 e.